The predicted molar refractivity (Wildman–Crippen MR) is 157 cm³/mol. The molecule has 2 saturated carbocycles. The number of hydrogen-bond acceptors (Lipinski definition) is 5. The van der Waals surface area contributed by atoms with Gasteiger partial charge in [-0.1, -0.05) is 42.5 Å². The first-order chi connectivity index (χ1) is 19.4. The minimum absolute atomic E-state index is 0.131. The molecule has 2 aromatic carbocycles. The molecule has 0 aliphatic heterocycles. The van der Waals surface area contributed by atoms with Crippen LogP contribution in [-0.2, 0) is 20.9 Å². The number of nitrogens with zero attached hydrogens (tertiary/aromatic N) is 2. The molecule has 2 fully saturated rings. The van der Waals surface area contributed by atoms with Gasteiger partial charge in [-0.2, -0.15) is 0 Å². The van der Waals surface area contributed by atoms with E-state index in [-0.39, 0.29) is 29.8 Å². The Morgan fingerprint density at radius 1 is 1.02 bits per heavy atom. The Bertz CT molecular complexity index is 1470. The second kappa shape index (κ2) is 11.6. The van der Waals surface area contributed by atoms with Crippen molar-refractivity contribution in [3.05, 3.63) is 72.0 Å². The summed E-state index contributed by atoms with van der Waals surface area (Å²) in [5.74, 6) is 0.160. The summed E-state index contributed by atoms with van der Waals surface area (Å²) in [5, 5.41) is 0.807. The number of ether oxygens (including phenoxy) is 2. The Kier molecular flexibility index (Phi) is 8.03. The Balaban J connectivity index is 1.79. The fraction of sp³-hybridized carbons (Fsp3) is 0.364. The van der Waals surface area contributed by atoms with Crippen LogP contribution in [0.3, 0.4) is 0 Å². The number of carbonyl (C=O) groups is 3. The number of aromatic nitrogens is 1. The molecule has 0 N–H and O–H groups in total. The van der Waals surface area contributed by atoms with Crippen LogP contribution in [0.2, 0.25) is 0 Å². The maximum atomic E-state index is 13.6. The molecule has 208 valence electrons. The molecule has 1 unspecified atom stereocenters. The fourth-order valence-corrected chi connectivity index (χ4v) is 5.24. The molecule has 0 radical (unpaired) electrons. The van der Waals surface area contributed by atoms with Crippen molar-refractivity contribution >= 4 is 34.7 Å². The number of hydrogen-bond donors (Lipinski definition) is 0. The molecule has 40 heavy (non-hydrogen) atoms. The van der Waals surface area contributed by atoms with E-state index in [4.69, 9.17) is 9.47 Å². The van der Waals surface area contributed by atoms with E-state index in [0.29, 0.717) is 29.2 Å². The van der Waals surface area contributed by atoms with Gasteiger partial charge in [-0.05, 0) is 68.9 Å². The molecule has 3 aromatic rings. The van der Waals surface area contributed by atoms with E-state index in [1.165, 1.54) is 4.90 Å². The van der Waals surface area contributed by atoms with Gasteiger partial charge in [0.15, 0.2) is 6.29 Å². The molecule has 2 aliphatic rings. The minimum Gasteiger partial charge on any atom is -0.497 e. The van der Waals surface area contributed by atoms with Crippen molar-refractivity contribution in [2.24, 2.45) is 11.8 Å². The van der Waals surface area contributed by atoms with Crippen LogP contribution in [0.5, 0.6) is 5.75 Å². The molecule has 7 heteroatoms. The van der Waals surface area contributed by atoms with Crippen LogP contribution >= 0.6 is 0 Å². The van der Waals surface area contributed by atoms with Crippen molar-refractivity contribution in [2.45, 2.75) is 52.2 Å². The Hall–Kier alpha value is -3.97. The van der Waals surface area contributed by atoms with Crippen molar-refractivity contribution in [1.29, 1.82) is 0 Å². The van der Waals surface area contributed by atoms with Crippen LogP contribution in [0.15, 0.2) is 66.3 Å². The topological polar surface area (TPSA) is 77.8 Å². The van der Waals surface area contributed by atoms with E-state index in [0.717, 1.165) is 54.1 Å². The predicted octanol–water partition coefficient (Wildman–Crippen LogP) is 6.35. The van der Waals surface area contributed by atoms with Crippen LogP contribution in [0.25, 0.3) is 22.0 Å². The van der Waals surface area contributed by atoms with Gasteiger partial charge in [0, 0.05) is 36.4 Å². The van der Waals surface area contributed by atoms with Gasteiger partial charge in [-0.3, -0.25) is 14.4 Å². The summed E-state index contributed by atoms with van der Waals surface area (Å²) in [5.41, 5.74) is 4.26. The third-order valence-electron chi connectivity index (χ3n) is 7.67. The summed E-state index contributed by atoms with van der Waals surface area (Å²) in [4.78, 5) is 41.5. The smallest absolute Gasteiger partial charge is 0.236 e. The number of allylic oxidation sites excluding steroid dienone is 3. The molecule has 2 aliphatic carbocycles. The van der Waals surface area contributed by atoms with Gasteiger partial charge >= 0.3 is 0 Å². The zero-order valence-electron chi connectivity index (χ0n) is 23.6. The number of aldehydes is 1. The first-order valence-electron chi connectivity index (χ1n) is 13.9. The maximum Gasteiger partial charge on any atom is 0.236 e. The van der Waals surface area contributed by atoms with Crippen LogP contribution in [0.1, 0.15) is 50.0 Å². The summed E-state index contributed by atoms with van der Waals surface area (Å²) in [6, 6.07) is 13.2. The number of amides is 2. The fourth-order valence-electron chi connectivity index (χ4n) is 5.24. The first kappa shape index (κ1) is 27.6. The normalized spacial score (nSPS) is 16.4. The molecule has 7 nitrogen and oxygen atoms in total. The highest BCUT2D eigenvalue weighted by molar-refractivity contribution is 6.22. The van der Waals surface area contributed by atoms with Gasteiger partial charge in [0.2, 0.25) is 11.8 Å². The lowest BCUT2D eigenvalue weighted by molar-refractivity contribution is -0.127. The SMILES string of the molecule is C/C=C\C(=C/C(C)OC)Cn1c(C=O)c(-c2ccc(OC)cc2)c2cccc(N(C(=O)C3CC3)C(=O)C3CC3)c21. The summed E-state index contributed by atoms with van der Waals surface area (Å²) >= 11 is 0. The zero-order chi connectivity index (χ0) is 28.4. The van der Waals surface area contributed by atoms with Crippen molar-refractivity contribution in [1.82, 2.24) is 4.57 Å². The lowest BCUT2D eigenvalue weighted by Gasteiger charge is -2.23. The van der Waals surface area contributed by atoms with Crippen molar-refractivity contribution in [3.63, 3.8) is 0 Å². The molecule has 1 heterocycles. The van der Waals surface area contributed by atoms with Crippen molar-refractivity contribution < 1.29 is 23.9 Å². The lowest BCUT2D eigenvalue weighted by atomic mass is 10.0. The minimum atomic E-state index is -0.145. The van der Waals surface area contributed by atoms with E-state index < -0.39 is 0 Å². The van der Waals surface area contributed by atoms with E-state index in [1.54, 1.807) is 14.2 Å². The number of carbonyl (C=O) groups excluding carboxylic acids is 3. The summed E-state index contributed by atoms with van der Waals surface area (Å²) < 4.78 is 12.8. The molecule has 2 amide bonds. The number of fused-ring (bicyclic) bond motifs is 1. The number of imide groups is 1. The third kappa shape index (κ3) is 5.39. The Labute approximate surface area is 235 Å². The van der Waals surface area contributed by atoms with Crippen LogP contribution < -0.4 is 9.64 Å². The highest BCUT2D eigenvalue weighted by atomic mass is 16.5. The monoisotopic (exact) mass is 540 g/mol. The molecule has 5 rings (SSSR count). The summed E-state index contributed by atoms with van der Waals surface area (Å²) in [6.45, 7) is 4.26. The molecular weight excluding hydrogens is 504 g/mol. The second-order valence-corrected chi connectivity index (χ2v) is 10.6. The second-order valence-electron chi connectivity index (χ2n) is 10.6. The zero-order valence-corrected chi connectivity index (χ0v) is 23.6. The number of anilines is 1. The molecule has 1 atom stereocenters. The molecule has 0 saturated heterocycles. The van der Waals surface area contributed by atoms with Gasteiger partial charge in [0.1, 0.15) is 5.75 Å². The van der Waals surface area contributed by atoms with Crippen LogP contribution in [0, 0.1) is 11.8 Å². The lowest BCUT2D eigenvalue weighted by Crippen LogP contribution is -2.39. The largest absolute Gasteiger partial charge is 0.497 e. The van der Waals surface area contributed by atoms with Crippen molar-refractivity contribution in [2.75, 3.05) is 19.1 Å². The van der Waals surface area contributed by atoms with Crippen LogP contribution in [0.4, 0.5) is 5.69 Å². The standard InChI is InChI=1S/C33H36N2O5/c1-5-7-22(18-21(2)39-3)19-34-29(20-36)30(23-14-16-26(40-4)17-15-23)27-8-6-9-28(31(27)34)35(32(37)24-10-11-24)33(38)25-12-13-25/h5-9,14-18,20-21,24-25H,10-13,19H2,1-4H3/b7-5-,22-18+. The molecule has 0 spiro atoms. The van der Waals surface area contributed by atoms with E-state index in [2.05, 4.69) is 0 Å². The molecular formula is C33H36N2O5. The van der Waals surface area contributed by atoms with E-state index in [1.807, 2.05) is 79.1 Å². The average Bonchev–Trinajstić information content (AvgIpc) is 3.89. The van der Waals surface area contributed by atoms with E-state index in [9.17, 15) is 14.4 Å². The highest BCUT2D eigenvalue weighted by Crippen LogP contribution is 2.43. The quantitative estimate of drug-likeness (QED) is 0.161. The van der Waals surface area contributed by atoms with E-state index >= 15 is 0 Å². The average molecular weight is 541 g/mol. The highest BCUT2D eigenvalue weighted by Gasteiger charge is 2.43. The summed E-state index contributed by atoms with van der Waals surface area (Å²) in [7, 11) is 3.27. The van der Waals surface area contributed by atoms with Gasteiger partial charge < -0.3 is 14.0 Å². The first-order valence-corrected chi connectivity index (χ1v) is 13.9. The van der Waals surface area contributed by atoms with Gasteiger partial charge in [0.25, 0.3) is 0 Å². The van der Waals surface area contributed by atoms with Gasteiger partial charge in [0.05, 0.1) is 30.1 Å². The van der Waals surface area contributed by atoms with Crippen LogP contribution in [-0.4, -0.2) is 43.0 Å². The third-order valence-corrected chi connectivity index (χ3v) is 7.67. The van der Waals surface area contributed by atoms with Gasteiger partial charge in [-0.25, -0.2) is 4.90 Å². The van der Waals surface area contributed by atoms with Gasteiger partial charge in [-0.15, -0.1) is 0 Å². The number of rotatable bonds is 11. The van der Waals surface area contributed by atoms with Crippen molar-refractivity contribution in [3.8, 4) is 16.9 Å². The number of benzene rings is 2. The molecule has 0 bridgehead atoms. The Morgan fingerprint density at radius 2 is 1.68 bits per heavy atom. The summed E-state index contributed by atoms with van der Waals surface area (Å²) in [6.07, 6.45) is 9.87. The Morgan fingerprint density at radius 3 is 2.20 bits per heavy atom. The maximum absolute atomic E-state index is 13.6. The number of para-hydroxylation sites is 1. The number of methoxy groups -OCH3 is 2. The molecule has 1 aromatic heterocycles.